The number of aliphatic carboxylic acids is 1. The fourth-order valence-electron chi connectivity index (χ4n) is 2.39. The van der Waals surface area contributed by atoms with E-state index in [4.69, 9.17) is 0 Å². The van der Waals surface area contributed by atoms with E-state index in [1.54, 1.807) is 6.20 Å². The van der Waals surface area contributed by atoms with Crippen LogP contribution in [0.15, 0.2) is 36.5 Å². The molecule has 1 aromatic carbocycles. The Bertz CT molecular complexity index is 679. The molecule has 1 aromatic heterocycles. The number of carbonyl (C=O) groups is 2. The molecule has 0 aliphatic carbocycles. The molecule has 0 saturated carbocycles. The largest absolute Gasteiger partial charge is 0.480 e. The summed E-state index contributed by atoms with van der Waals surface area (Å²) in [6.07, 6.45) is 2.49. The second-order valence-electron chi connectivity index (χ2n) is 5.44. The molecule has 1 amide bonds. The van der Waals surface area contributed by atoms with Crippen LogP contribution < -0.4 is 5.32 Å². The van der Waals surface area contributed by atoms with Gasteiger partial charge in [-0.3, -0.25) is 9.78 Å². The van der Waals surface area contributed by atoms with E-state index in [2.05, 4.69) is 10.3 Å². The minimum absolute atomic E-state index is 0.118. The molecule has 0 aliphatic heterocycles. The Morgan fingerprint density at radius 1 is 1.27 bits per heavy atom. The van der Waals surface area contributed by atoms with Crippen molar-refractivity contribution in [2.24, 2.45) is 5.92 Å². The number of fused-ring (bicyclic) bond motifs is 1. The van der Waals surface area contributed by atoms with Gasteiger partial charge in [0.15, 0.2) is 0 Å². The average molecular weight is 300 g/mol. The summed E-state index contributed by atoms with van der Waals surface area (Å²) in [4.78, 5) is 27.8. The summed E-state index contributed by atoms with van der Waals surface area (Å²) in [6.45, 7) is 3.72. The maximum absolute atomic E-state index is 12.2. The highest BCUT2D eigenvalue weighted by Crippen LogP contribution is 2.16. The first-order valence-corrected chi connectivity index (χ1v) is 7.37. The summed E-state index contributed by atoms with van der Waals surface area (Å²) in [5.74, 6) is -1.42. The van der Waals surface area contributed by atoms with Gasteiger partial charge in [0.2, 0.25) is 5.91 Å². The lowest BCUT2D eigenvalue weighted by Crippen LogP contribution is -2.45. The molecule has 2 rings (SSSR count). The van der Waals surface area contributed by atoms with Crippen LogP contribution in [0.5, 0.6) is 0 Å². The minimum Gasteiger partial charge on any atom is -0.480 e. The van der Waals surface area contributed by atoms with Gasteiger partial charge in [-0.25, -0.2) is 4.79 Å². The first-order chi connectivity index (χ1) is 10.5. The number of amides is 1. The monoisotopic (exact) mass is 300 g/mol. The van der Waals surface area contributed by atoms with Crippen molar-refractivity contribution in [1.29, 1.82) is 0 Å². The maximum atomic E-state index is 12.2. The third-order valence-corrected chi connectivity index (χ3v) is 3.86. The van der Waals surface area contributed by atoms with Gasteiger partial charge in [0.1, 0.15) is 6.04 Å². The van der Waals surface area contributed by atoms with Gasteiger partial charge in [0, 0.05) is 11.6 Å². The number of carboxylic acid groups (broad SMARTS) is 1. The Morgan fingerprint density at radius 2 is 2.00 bits per heavy atom. The van der Waals surface area contributed by atoms with Crippen LogP contribution in [0.25, 0.3) is 10.9 Å². The maximum Gasteiger partial charge on any atom is 0.326 e. The smallest absolute Gasteiger partial charge is 0.326 e. The molecule has 2 aromatic rings. The molecule has 0 spiro atoms. The Balaban J connectivity index is 2.15. The van der Waals surface area contributed by atoms with Crippen LogP contribution >= 0.6 is 0 Å². The number of carbonyl (C=O) groups excluding carboxylic acids is 1. The van der Waals surface area contributed by atoms with E-state index in [0.717, 1.165) is 16.5 Å². The molecule has 0 radical (unpaired) electrons. The van der Waals surface area contributed by atoms with Crippen molar-refractivity contribution in [1.82, 2.24) is 10.3 Å². The van der Waals surface area contributed by atoms with Crippen molar-refractivity contribution in [3.63, 3.8) is 0 Å². The first-order valence-electron chi connectivity index (χ1n) is 7.37. The van der Waals surface area contributed by atoms with Crippen LogP contribution in [0, 0.1) is 5.92 Å². The van der Waals surface area contributed by atoms with Crippen molar-refractivity contribution in [2.45, 2.75) is 32.7 Å². The summed E-state index contributed by atoms with van der Waals surface area (Å²) < 4.78 is 0. The highest BCUT2D eigenvalue weighted by molar-refractivity contribution is 5.89. The fraction of sp³-hybridized carbons (Fsp3) is 0.353. The van der Waals surface area contributed by atoms with E-state index in [-0.39, 0.29) is 18.2 Å². The lowest BCUT2D eigenvalue weighted by Gasteiger charge is -2.20. The predicted octanol–water partition coefficient (Wildman–Crippen LogP) is 2.39. The number of carboxylic acids is 1. The van der Waals surface area contributed by atoms with E-state index in [1.165, 1.54) is 0 Å². The lowest BCUT2D eigenvalue weighted by atomic mass is 9.98. The van der Waals surface area contributed by atoms with Gasteiger partial charge in [0.05, 0.1) is 11.9 Å². The van der Waals surface area contributed by atoms with Gasteiger partial charge in [-0.05, 0) is 17.5 Å². The number of pyridine rings is 1. The third kappa shape index (κ3) is 3.61. The third-order valence-electron chi connectivity index (χ3n) is 3.86. The number of aromatic nitrogens is 1. The molecule has 0 aliphatic rings. The number of hydrogen-bond acceptors (Lipinski definition) is 3. The molecule has 1 heterocycles. The van der Waals surface area contributed by atoms with Gasteiger partial charge in [-0.2, -0.15) is 0 Å². The van der Waals surface area contributed by atoms with E-state index in [0.29, 0.717) is 6.42 Å². The Kier molecular flexibility index (Phi) is 5.09. The van der Waals surface area contributed by atoms with Gasteiger partial charge >= 0.3 is 5.97 Å². The SMILES string of the molecule is CC[C@H](C)[C@H](NC(=O)Cc1cccc2cccnc12)C(=O)O. The molecule has 0 saturated heterocycles. The molecule has 5 heteroatoms. The molecule has 22 heavy (non-hydrogen) atoms. The molecule has 116 valence electrons. The second-order valence-corrected chi connectivity index (χ2v) is 5.44. The zero-order valence-corrected chi connectivity index (χ0v) is 12.7. The van der Waals surface area contributed by atoms with Crippen molar-refractivity contribution in [2.75, 3.05) is 0 Å². The number of nitrogens with zero attached hydrogens (tertiary/aromatic N) is 1. The van der Waals surface area contributed by atoms with Crippen LogP contribution in [0.1, 0.15) is 25.8 Å². The zero-order valence-electron chi connectivity index (χ0n) is 12.7. The minimum atomic E-state index is -1.00. The van der Waals surface area contributed by atoms with Crippen LogP contribution in [0.4, 0.5) is 0 Å². The quantitative estimate of drug-likeness (QED) is 0.858. The Hall–Kier alpha value is -2.43. The number of nitrogens with one attached hydrogen (secondary N) is 1. The van der Waals surface area contributed by atoms with E-state index in [9.17, 15) is 14.7 Å². The van der Waals surface area contributed by atoms with Crippen LogP contribution in [0.3, 0.4) is 0 Å². The van der Waals surface area contributed by atoms with E-state index >= 15 is 0 Å². The first kappa shape index (κ1) is 15.9. The summed E-state index contributed by atoms with van der Waals surface area (Å²) in [5.41, 5.74) is 1.57. The molecule has 0 bridgehead atoms. The van der Waals surface area contributed by atoms with Crippen LogP contribution in [0.2, 0.25) is 0 Å². The van der Waals surface area contributed by atoms with Gasteiger partial charge in [0.25, 0.3) is 0 Å². The van der Waals surface area contributed by atoms with Crippen molar-refractivity contribution >= 4 is 22.8 Å². The number of benzene rings is 1. The molecule has 0 unspecified atom stereocenters. The molecular weight excluding hydrogens is 280 g/mol. The van der Waals surface area contributed by atoms with Crippen molar-refractivity contribution < 1.29 is 14.7 Å². The van der Waals surface area contributed by atoms with Gasteiger partial charge < -0.3 is 10.4 Å². The normalized spacial score (nSPS) is 13.5. The summed E-state index contributed by atoms with van der Waals surface area (Å²) >= 11 is 0. The zero-order chi connectivity index (χ0) is 16.1. The molecule has 2 atom stereocenters. The van der Waals surface area contributed by atoms with E-state index < -0.39 is 12.0 Å². The fourth-order valence-corrected chi connectivity index (χ4v) is 2.39. The topological polar surface area (TPSA) is 79.3 Å². The highest BCUT2D eigenvalue weighted by Gasteiger charge is 2.25. The van der Waals surface area contributed by atoms with Gasteiger partial charge in [-0.1, -0.05) is 44.5 Å². The lowest BCUT2D eigenvalue weighted by molar-refractivity contribution is -0.143. The molecule has 0 fully saturated rings. The standard InChI is InChI=1S/C17H20N2O3/c1-3-11(2)15(17(21)22)19-14(20)10-13-7-4-6-12-8-5-9-18-16(12)13/h4-9,11,15H,3,10H2,1-2H3,(H,19,20)(H,21,22)/t11-,15-/m0/s1. The average Bonchev–Trinajstić information content (AvgIpc) is 2.52. The predicted molar refractivity (Wildman–Crippen MR) is 84.5 cm³/mol. The van der Waals surface area contributed by atoms with Gasteiger partial charge in [-0.15, -0.1) is 0 Å². The Morgan fingerprint density at radius 3 is 2.68 bits per heavy atom. The summed E-state index contributed by atoms with van der Waals surface area (Å²) in [6, 6.07) is 8.56. The highest BCUT2D eigenvalue weighted by atomic mass is 16.4. The van der Waals surface area contributed by atoms with Crippen molar-refractivity contribution in [3.8, 4) is 0 Å². The second kappa shape index (κ2) is 7.02. The van der Waals surface area contributed by atoms with Crippen LogP contribution in [-0.4, -0.2) is 28.0 Å². The number of hydrogen-bond donors (Lipinski definition) is 2. The molecule has 2 N–H and O–H groups in total. The van der Waals surface area contributed by atoms with Crippen LogP contribution in [-0.2, 0) is 16.0 Å². The molecule has 5 nitrogen and oxygen atoms in total. The number of rotatable bonds is 6. The Labute approximate surface area is 129 Å². The van der Waals surface area contributed by atoms with E-state index in [1.807, 2.05) is 44.2 Å². The number of para-hydroxylation sites is 1. The van der Waals surface area contributed by atoms with Crippen molar-refractivity contribution in [3.05, 3.63) is 42.1 Å². The molecular formula is C17H20N2O3. The summed E-state index contributed by atoms with van der Waals surface area (Å²) in [5, 5.41) is 12.8. The summed E-state index contributed by atoms with van der Waals surface area (Å²) in [7, 11) is 0.